The molecule has 1 saturated carbocycles. The lowest BCUT2D eigenvalue weighted by Gasteiger charge is -2.14. The number of rotatable bonds is 5. The second kappa shape index (κ2) is 6.34. The van der Waals surface area contributed by atoms with E-state index in [1.807, 2.05) is 37.3 Å². The third-order valence-electron chi connectivity index (χ3n) is 4.10. The topological polar surface area (TPSA) is 113 Å². The van der Waals surface area contributed by atoms with Crippen molar-refractivity contribution in [2.45, 2.75) is 31.8 Å². The van der Waals surface area contributed by atoms with Crippen molar-refractivity contribution in [1.82, 2.24) is 35.7 Å². The van der Waals surface area contributed by atoms with Crippen molar-refractivity contribution in [2.24, 2.45) is 0 Å². The lowest BCUT2D eigenvalue weighted by molar-refractivity contribution is 0.248. The van der Waals surface area contributed by atoms with E-state index in [2.05, 4.69) is 36.4 Å². The van der Waals surface area contributed by atoms with Gasteiger partial charge >= 0.3 is 6.03 Å². The molecule has 2 amide bonds. The van der Waals surface area contributed by atoms with E-state index >= 15 is 0 Å². The number of hydrogen-bond acceptors (Lipinski definition) is 5. The molecule has 0 saturated heterocycles. The van der Waals surface area contributed by atoms with Crippen LogP contribution in [0.25, 0.3) is 11.3 Å². The van der Waals surface area contributed by atoms with Crippen LogP contribution in [0, 0.1) is 0 Å². The van der Waals surface area contributed by atoms with Gasteiger partial charge in [0.1, 0.15) is 0 Å². The van der Waals surface area contributed by atoms with E-state index in [1.165, 1.54) is 0 Å². The van der Waals surface area contributed by atoms with Crippen molar-refractivity contribution in [3.05, 3.63) is 42.4 Å². The number of anilines is 1. The number of hydrogen-bond donors (Lipinski definition) is 3. The maximum Gasteiger partial charge on any atom is 0.319 e. The maximum atomic E-state index is 12.4. The lowest BCUT2D eigenvalue weighted by Crippen LogP contribution is -2.32. The molecule has 128 valence electrons. The molecule has 0 spiro atoms. The zero-order chi connectivity index (χ0) is 17.2. The molecule has 2 aromatic heterocycles. The molecule has 2 heterocycles. The average molecular weight is 338 g/mol. The van der Waals surface area contributed by atoms with Gasteiger partial charge in [0, 0.05) is 5.56 Å². The number of urea groups is 1. The smallest absolute Gasteiger partial charge is 0.319 e. The molecule has 9 nitrogen and oxygen atoms in total. The van der Waals surface area contributed by atoms with Crippen LogP contribution in [0.15, 0.2) is 36.5 Å². The first kappa shape index (κ1) is 15.3. The van der Waals surface area contributed by atoms with Gasteiger partial charge in [0.15, 0.2) is 5.82 Å². The highest BCUT2D eigenvalue weighted by atomic mass is 16.2. The van der Waals surface area contributed by atoms with Gasteiger partial charge in [0.2, 0.25) is 0 Å². The average Bonchev–Trinajstić information content (AvgIpc) is 3.16. The standard InChI is InChI=1S/C16H18N8O/c1-10(15-21-22-23-24(15)12-7-8-12)18-16(25)19-13-9-17-20-14(13)11-5-3-2-4-6-11/h2-6,9-10,12H,7-8H2,1H3,(H,17,20)(H2,18,19,25). The van der Waals surface area contributed by atoms with Crippen molar-refractivity contribution < 1.29 is 4.79 Å². The number of carbonyl (C=O) groups excluding carboxylic acids is 1. The summed E-state index contributed by atoms with van der Waals surface area (Å²) < 4.78 is 1.79. The van der Waals surface area contributed by atoms with Crippen molar-refractivity contribution >= 4 is 11.7 Å². The summed E-state index contributed by atoms with van der Waals surface area (Å²) in [4.78, 5) is 12.4. The molecule has 1 aliphatic carbocycles. The molecule has 1 atom stereocenters. The van der Waals surface area contributed by atoms with Crippen LogP contribution in [0.2, 0.25) is 0 Å². The number of H-pyrrole nitrogens is 1. The van der Waals surface area contributed by atoms with Gasteiger partial charge in [-0.05, 0) is 30.2 Å². The zero-order valence-electron chi connectivity index (χ0n) is 13.7. The van der Waals surface area contributed by atoms with Crippen LogP contribution >= 0.6 is 0 Å². The van der Waals surface area contributed by atoms with E-state index in [9.17, 15) is 4.79 Å². The van der Waals surface area contributed by atoms with Gasteiger partial charge in [-0.15, -0.1) is 5.10 Å². The first-order chi connectivity index (χ1) is 12.2. The summed E-state index contributed by atoms with van der Waals surface area (Å²) in [5, 5.41) is 24.4. The molecule has 9 heteroatoms. The van der Waals surface area contributed by atoms with Crippen LogP contribution < -0.4 is 10.6 Å². The molecule has 25 heavy (non-hydrogen) atoms. The van der Waals surface area contributed by atoms with Crippen molar-refractivity contribution in [3.8, 4) is 11.3 Å². The molecule has 1 unspecified atom stereocenters. The number of nitrogens with one attached hydrogen (secondary N) is 3. The molecule has 0 radical (unpaired) electrons. The van der Waals surface area contributed by atoms with Crippen LogP contribution in [0.5, 0.6) is 0 Å². The summed E-state index contributed by atoms with van der Waals surface area (Å²) in [6, 6.07) is 9.41. The van der Waals surface area contributed by atoms with Gasteiger partial charge in [0.25, 0.3) is 0 Å². The number of benzene rings is 1. The van der Waals surface area contributed by atoms with E-state index < -0.39 is 0 Å². The predicted octanol–water partition coefficient (Wildman–Crippen LogP) is 2.28. The number of aromatic nitrogens is 6. The summed E-state index contributed by atoms with van der Waals surface area (Å²) in [5.74, 6) is 0.660. The Bertz CT molecular complexity index is 867. The minimum Gasteiger partial charge on any atom is -0.328 e. The molecule has 1 aromatic carbocycles. The van der Waals surface area contributed by atoms with Crippen LogP contribution in [0.1, 0.15) is 37.7 Å². The molecule has 3 N–H and O–H groups in total. The van der Waals surface area contributed by atoms with E-state index in [0.29, 0.717) is 17.6 Å². The third-order valence-corrected chi connectivity index (χ3v) is 4.10. The van der Waals surface area contributed by atoms with Gasteiger partial charge in [-0.1, -0.05) is 30.3 Å². The number of aromatic amines is 1. The Labute approximate surface area is 143 Å². The fraction of sp³-hybridized carbons (Fsp3) is 0.312. The second-order valence-electron chi connectivity index (χ2n) is 6.06. The Kier molecular flexibility index (Phi) is 3.88. The Balaban J connectivity index is 1.44. The van der Waals surface area contributed by atoms with E-state index in [0.717, 1.165) is 24.1 Å². The van der Waals surface area contributed by atoms with Gasteiger partial charge in [0.05, 0.1) is 29.7 Å². The summed E-state index contributed by atoms with van der Waals surface area (Å²) in [6.45, 7) is 1.86. The number of nitrogens with zero attached hydrogens (tertiary/aromatic N) is 5. The molecular formula is C16H18N8O. The highest BCUT2D eigenvalue weighted by Gasteiger charge is 2.30. The fourth-order valence-corrected chi connectivity index (χ4v) is 2.69. The van der Waals surface area contributed by atoms with Crippen LogP contribution in [-0.2, 0) is 0 Å². The highest BCUT2D eigenvalue weighted by Crippen LogP contribution is 2.35. The van der Waals surface area contributed by atoms with Gasteiger partial charge in [-0.3, -0.25) is 5.10 Å². The Morgan fingerprint density at radius 1 is 1.32 bits per heavy atom. The van der Waals surface area contributed by atoms with E-state index in [4.69, 9.17) is 0 Å². The molecular weight excluding hydrogens is 320 g/mol. The molecule has 1 fully saturated rings. The zero-order valence-corrected chi connectivity index (χ0v) is 13.7. The molecule has 0 bridgehead atoms. The Morgan fingerprint density at radius 3 is 2.88 bits per heavy atom. The van der Waals surface area contributed by atoms with Crippen LogP contribution in [-0.4, -0.2) is 36.4 Å². The number of tetrazole rings is 1. The van der Waals surface area contributed by atoms with Gasteiger partial charge < -0.3 is 10.6 Å². The highest BCUT2D eigenvalue weighted by molar-refractivity contribution is 5.93. The van der Waals surface area contributed by atoms with Gasteiger partial charge in [-0.25, -0.2) is 9.48 Å². The first-order valence-electron chi connectivity index (χ1n) is 8.16. The SMILES string of the molecule is CC(NC(=O)Nc1cn[nH]c1-c1ccccc1)c1nnnn1C1CC1. The number of amides is 2. The molecule has 4 rings (SSSR count). The van der Waals surface area contributed by atoms with Crippen molar-refractivity contribution in [1.29, 1.82) is 0 Å². The van der Waals surface area contributed by atoms with Crippen LogP contribution in [0.3, 0.4) is 0 Å². The summed E-state index contributed by atoms with van der Waals surface area (Å²) >= 11 is 0. The van der Waals surface area contributed by atoms with E-state index in [-0.39, 0.29) is 12.1 Å². The van der Waals surface area contributed by atoms with Gasteiger partial charge in [-0.2, -0.15) is 5.10 Å². The van der Waals surface area contributed by atoms with Crippen molar-refractivity contribution in [3.63, 3.8) is 0 Å². The number of carbonyl (C=O) groups is 1. The van der Waals surface area contributed by atoms with Crippen LogP contribution in [0.4, 0.5) is 10.5 Å². The normalized spacial score (nSPS) is 14.9. The molecule has 3 aromatic rings. The lowest BCUT2D eigenvalue weighted by atomic mass is 10.1. The Hall–Kier alpha value is -3.23. The summed E-state index contributed by atoms with van der Waals surface area (Å²) in [6.07, 6.45) is 3.74. The monoisotopic (exact) mass is 338 g/mol. The molecule has 1 aliphatic rings. The minimum atomic E-state index is -0.337. The van der Waals surface area contributed by atoms with E-state index in [1.54, 1.807) is 10.9 Å². The first-order valence-corrected chi connectivity index (χ1v) is 8.16. The Morgan fingerprint density at radius 2 is 2.12 bits per heavy atom. The minimum absolute atomic E-state index is 0.303. The third kappa shape index (κ3) is 3.21. The predicted molar refractivity (Wildman–Crippen MR) is 90.7 cm³/mol. The summed E-state index contributed by atoms with van der Waals surface area (Å²) in [7, 11) is 0. The summed E-state index contributed by atoms with van der Waals surface area (Å²) in [5.41, 5.74) is 2.31. The maximum absolute atomic E-state index is 12.4. The quantitative estimate of drug-likeness (QED) is 0.660. The molecule has 0 aliphatic heterocycles. The largest absolute Gasteiger partial charge is 0.328 e. The second-order valence-corrected chi connectivity index (χ2v) is 6.06. The van der Waals surface area contributed by atoms with Crippen molar-refractivity contribution in [2.75, 3.05) is 5.32 Å². The fourth-order valence-electron chi connectivity index (χ4n) is 2.69.